The first kappa shape index (κ1) is 9.54. The Hall–Kier alpha value is -0.543. The number of furan rings is 1. The van der Waals surface area contributed by atoms with E-state index < -0.39 is 8.32 Å². The molecule has 0 aromatic carbocycles. The highest BCUT2D eigenvalue weighted by molar-refractivity contribution is 6.69. The van der Waals surface area contributed by atoms with Gasteiger partial charge in [0.2, 0.25) is 0 Å². The molecular formula is C9H16O2Si. The molecule has 0 radical (unpaired) electrons. The van der Waals surface area contributed by atoms with E-state index >= 15 is 0 Å². The molecule has 1 aromatic heterocycles. The van der Waals surface area contributed by atoms with Crippen molar-refractivity contribution in [3.8, 4) is 0 Å². The summed E-state index contributed by atoms with van der Waals surface area (Å²) in [5.41, 5.74) is 1.22. The minimum atomic E-state index is -1.32. The first-order valence-corrected chi connectivity index (χ1v) is 7.64. The predicted molar refractivity (Wildman–Crippen MR) is 51.7 cm³/mol. The van der Waals surface area contributed by atoms with Gasteiger partial charge in [-0.2, -0.15) is 0 Å². The van der Waals surface area contributed by atoms with Crippen LogP contribution in [-0.4, -0.2) is 14.9 Å². The van der Waals surface area contributed by atoms with Crippen molar-refractivity contribution >= 4 is 8.32 Å². The number of hydrogen-bond donors (Lipinski definition) is 0. The van der Waals surface area contributed by atoms with Crippen molar-refractivity contribution < 1.29 is 8.84 Å². The molecule has 1 aromatic rings. The maximum absolute atomic E-state index is 5.70. The van der Waals surface area contributed by atoms with Gasteiger partial charge in [-0.3, -0.25) is 0 Å². The SMILES string of the molecule is C[Si](C)(C)OCCc1ccoc1. The summed E-state index contributed by atoms with van der Waals surface area (Å²) < 4.78 is 10.7. The van der Waals surface area contributed by atoms with Gasteiger partial charge in [0.1, 0.15) is 0 Å². The Morgan fingerprint density at radius 3 is 2.67 bits per heavy atom. The third-order valence-electron chi connectivity index (χ3n) is 1.51. The van der Waals surface area contributed by atoms with Crippen LogP contribution in [0.2, 0.25) is 19.6 Å². The largest absolute Gasteiger partial charge is 0.472 e. The van der Waals surface area contributed by atoms with Crippen LogP contribution in [0.3, 0.4) is 0 Å². The average Bonchev–Trinajstić information content (AvgIpc) is 2.36. The second-order valence-corrected chi connectivity index (χ2v) is 8.36. The van der Waals surface area contributed by atoms with E-state index in [-0.39, 0.29) is 0 Å². The van der Waals surface area contributed by atoms with Gasteiger partial charge in [-0.1, -0.05) is 0 Å². The Morgan fingerprint density at radius 1 is 1.42 bits per heavy atom. The van der Waals surface area contributed by atoms with E-state index in [1.807, 2.05) is 6.07 Å². The third kappa shape index (κ3) is 3.73. The molecule has 0 atom stereocenters. The molecular weight excluding hydrogens is 168 g/mol. The van der Waals surface area contributed by atoms with Crippen molar-refractivity contribution in [2.75, 3.05) is 6.61 Å². The van der Waals surface area contributed by atoms with Crippen LogP contribution in [0.1, 0.15) is 5.56 Å². The van der Waals surface area contributed by atoms with E-state index in [1.54, 1.807) is 12.5 Å². The van der Waals surface area contributed by atoms with E-state index in [1.165, 1.54) is 5.56 Å². The third-order valence-corrected chi connectivity index (χ3v) is 2.58. The molecule has 0 aliphatic carbocycles. The fraction of sp³-hybridized carbons (Fsp3) is 0.556. The molecule has 68 valence electrons. The lowest BCUT2D eigenvalue weighted by molar-refractivity contribution is 0.315. The highest BCUT2D eigenvalue weighted by atomic mass is 28.4. The topological polar surface area (TPSA) is 22.4 Å². The Morgan fingerprint density at radius 2 is 2.17 bits per heavy atom. The molecule has 0 saturated carbocycles. The van der Waals surface area contributed by atoms with Crippen molar-refractivity contribution in [2.45, 2.75) is 26.1 Å². The van der Waals surface area contributed by atoms with Crippen molar-refractivity contribution in [1.29, 1.82) is 0 Å². The molecule has 0 saturated heterocycles. The lowest BCUT2D eigenvalue weighted by atomic mass is 10.3. The lowest BCUT2D eigenvalue weighted by Gasteiger charge is -2.16. The van der Waals surface area contributed by atoms with E-state index in [9.17, 15) is 0 Å². The van der Waals surface area contributed by atoms with Crippen LogP contribution in [0.15, 0.2) is 23.0 Å². The zero-order valence-corrected chi connectivity index (χ0v) is 8.96. The molecule has 0 N–H and O–H groups in total. The summed E-state index contributed by atoms with van der Waals surface area (Å²) in [6.45, 7) is 7.41. The molecule has 0 spiro atoms. The molecule has 1 heterocycles. The summed E-state index contributed by atoms with van der Waals surface area (Å²) in [6, 6.07) is 1.98. The Kier molecular flexibility index (Phi) is 3.11. The van der Waals surface area contributed by atoms with Gasteiger partial charge in [-0.15, -0.1) is 0 Å². The highest BCUT2D eigenvalue weighted by Gasteiger charge is 2.13. The maximum atomic E-state index is 5.70. The molecule has 0 unspecified atom stereocenters. The number of hydrogen-bond acceptors (Lipinski definition) is 2. The second kappa shape index (κ2) is 3.91. The van der Waals surface area contributed by atoms with Crippen molar-refractivity contribution in [3.05, 3.63) is 24.2 Å². The first-order valence-electron chi connectivity index (χ1n) is 4.23. The van der Waals surface area contributed by atoms with Crippen LogP contribution in [0, 0.1) is 0 Å². The zero-order chi connectivity index (χ0) is 9.03. The van der Waals surface area contributed by atoms with E-state index in [2.05, 4.69) is 19.6 Å². The van der Waals surface area contributed by atoms with Gasteiger partial charge in [0.15, 0.2) is 8.32 Å². The van der Waals surface area contributed by atoms with Crippen LogP contribution in [0.5, 0.6) is 0 Å². The van der Waals surface area contributed by atoms with Gasteiger partial charge in [-0.05, 0) is 37.7 Å². The summed E-state index contributed by atoms with van der Waals surface area (Å²) in [6.07, 6.45) is 4.43. The molecule has 0 fully saturated rings. The average molecular weight is 184 g/mol. The van der Waals surface area contributed by atoms with Gasteiger partial charge in [0.25, 0.3) is 0 Å². The second-order valence-electron chi connectivity index (χ2n) is 3.84. The molecule has 0 aliphatic heterocycles. The van der Waals surface area contributed by atoms with Crippen LogP contribution in [-0.2, 0) is 10.8 Å². The molecule has 0 bridgehead atoms. The smallest absolute Gasteiger partial charge is 0.183 e. The van der Waals surface area contributed by atoms with E-state index in [4.69, 9.17) is 8.84 Å². The molecule has 0 aliphatic rings. The molecule has 2 nitrogen and oxygen atoms in total. The standard InChI is InChI=1S/C9H16O2Si/c1-12(2,3)11-7-5-9-4-6-10-8-9/h4,6,8H,5,7H2,1-3H3. The van der Waals surface area contributed by atoms with Gasteiger partial charge in [0.05, 0.1) is 12.5 Å². The minimum absolute atomic E-state index is 0.815. The van der Waals surface area contributed by atoms with Crippen LogP contribution < -0.4 is 0 Å². The summed E-state index contributed by atoms with van der Waals surface area (Å²) in [5.74, 6) is 0. The monoisotopic (exact) mass is 184 g/mol. The van der Waals surface area contributed by atoms with Crippen LogP contribution >= 0.6 is 0 Å². The normalized spacial score (nSPS) is 11.9. The zero-order valence-electron chi connectivity index (χ0n) is 7.96. The summed E-state index contributed by atoms with van der Waals surface area (Å²) in [4.78, 5) is 0. The summed E-state index contributed by atoms with van der Waals surface area (Å²) in [5, 5.41) is 0. The van der Waals surface area contributed by atoms with E-state index in [0.29, 0.717) is 0 Å². The molecule has 12 heavy (non-hydrogen) atoms. The van der Waals surface area contributed by atoms with Crippen LogP contribution in [0.4, 0.5) is 0 Å². The van der Waals surface area contributed by atoms with Gasteiger partial charge in [0, 0.05) is 6.61 Å². The quantitative estimate of drug-likeness (QED) is 0.671. The van der Waals surface area contributed by atoms with E-state index in [0.717, 1.165) is 13.0 Å². The fourth-order valence-corrected chi connectivity index (χ4v) is 1.62. The highest BCUT2D eigenvalue weighted by Crippen LogP contribution is 2.05. The van der Waals surface area contributed by atoms with Crippen molar-refractivity contribution in [1.82, 2.24) is 0 Å². The minimum Gasteiger partial charge on any atom is -0.472 e. The van der Waals surface area contributed by atoms with Crippen LogP contribution in [0.25, 0.3) is 0 Å². The number of rotatable bonds is 4. The van der Waals surface area contributed by atoms with Gasteiger partial charge in [-0.25, -0.2) is 0 Å². The van der Waals surface area contributed by atoms with Gasteiger partial charge < -0.3 is 8.84 Å². The lowest BCUT2D eigenvalue weighted by Crippen LogP contribution is -2.26. The maximum Gasteiger partial charge on any atom is 0.183 e. The molecule has 0 amide bonds. The molecule has 3 heteroatoms. The van der Waals surface area contributed by atoms with Crippen molar-refractivity contribution in [3.63, 3.8) is 0 Å². The molecule has 1 rings (SSSR count). The Labute approximate surface area is 74.7 Å². The van der Waals surface area contributed by atoms with Gasteiger partial charge >= 0.3 is 0 Å². The fourth-order valence-electron chi connectivity index (χ4n) is 0.910. The summed E-state index contributed by atoms with van der Waals surface area (Å²) in [7, 11) is -1.32. The predicted octanol–water partition coefficient (Wildman–Crippen LogP) is 2.67. The Balaban J connectivity index is 2.20. The summed E-state index contributed by atoms with van der Waals surface area (Å²) >= 11 is 0. The van der Waals surface area contributed by atoms with Crippen molar-refractivity contribution in [2.24, 2.45) is 0 Å². The first-order chi connectivity index (χ1) is 5.58. The Bertz CT molecular complexity index is 211.